The number of hydrogen-bond donors (Lipinski definition) is 2. The van der Waals surface area contributed by atoms with E-state index in [9.17, 15) is 15.0 Å². The molecule has 7 aliphatic rings. The number of nitrogens with zero attached hydrogens (tertiary/aromatic N) is 2. The quantitative estimate of drug-likeness (QED) is 0.663. The van der Waals surface area contributed by atoms with Gasteiger partial charge in [0.05, 0.1) is 17.1 Å². The normalized spacial score (nSPS) is 42.5. The fourth-order valence-corrected chi connectivity index (χ4v) is 10.3. The number of likely N-dealkylation sites (tertiary alicyclic amines) is 2. The maximum Gasteiger partial charge on any atom is 0.226 e. The van der Waals surface area contributed by atoms with Gasteiger partial charge in [-0.1, -0.05) is 36.4 Å². The Hall–Kier alpha value is -2.57. The molecule has 4 aliphatic carbocycles. The first-order valence-electron chi connectivity index (χ1n) is 14.3. The molecule has 3 heterocycles. The second-order valence-electron chi connectivity index (χ2n) is 13.1. The van der Waals surface area contributed by atoms with Crippen LogP contribution >= 0.6 is 0 Å². The van der Waals surface area contributed by atoms with Gasteiger partial charge in [0.1, 0.15) is 6.10 Å². The summed E-state index contributed by atoms with van der Waals surface area (Å²) in [6.07, 6.45) is 6.35. The number of fused-ring (bicyclic) bond motifs is 1. The van der Waals surface area contributed by atoms with E-state index in [0.29, 0.717) is 12.2 Å². The van der Waals surface area contributed by atoms with Crippen molar-refractivity contribution in [2.24, 2.45) is 17.3 Å². The van der Waals surface area contributed by atoms with Gasteiger partial charge in [-0.15, -0.1) is 0 Å². The Bertz CT molecular complexity index is 1330. The lowest BCUT2D eigenvalue weighted by Gasteiger charge is -2.82. The highest BCUT2D eigenvalue weighted by Gasteiger charge is 2.93. The largest absolute Gasteiger partial charge is 0.504 e. The van der Waals surface area contributed by atoms with Crippen molar-refractivity contribution in [3.05, 3.63) is 59.2 Å². The maximum absolute atomic E-state index is 13.8. The molecule has 2 aromatic rings. The second-order valence-corrected chi connectivity index (χ2v) is 13.1. The van der Waals surface area contributed by atoms with Gasteiger partial charge in [-0.05, 0) is 68.1 Å². The van der Waals surface area contributed by atoms with Gasteiger partial charge in [-0.25, -0.2) is 0 Å². The number of carbonyl (C=O) groups excluding carboxylic acids is 1. The van der Waals surface area contributed by atoms with Crippen LogP contribution in [0.4, 0.5) is 0 Å². The van der Waals surface area contributed by atoms with Gasteiger partial charge in [0.15, 0.2) is 11.5 Å². The Morgan fingerprint density at radius 2 is 1.89 bits per heavy atom. The van der Waals surface area contributed by atoms with E-state index in [1.807, 2.05) is 18.2 Å². The van der Waals surface area contributed by atoms with Gasteiger partial charge in [0.25, 0.3) is 0 Å². The van der Waals surface area contributed by atoms with E-state index in [-0.39, 0.29) is 41.2 Å². The van der Waals surface area contributed by atoms with Crippen LogP contribution in [0.25, 0.3) is 0 Å². The first-order valence-corrected chi connectivity index (χ1v) is 14.3. The predicted molar refractivity (Wildman–Crippen MR) is 136 cm³/mol. The molecule has 1 amide bonds. The standard InChI is InChI=1S/C31H34N2O4/c34-23-9-8-21-15-29-17-32(16-19-6-7-19)28(29)30(36)12-10-22(26-31(29,30)24(21)25(23)37-26)33-13-11-20(27(33)35)14-18-4-2-1-3-5-18/h1-5,8-9,19-20,22,26,28,34,36H,6-7,10-17H2. The summed E-state index contributed by atoms with van der Waals surface area (Å²) in [6.45, 7) is 2.83. The van der Waals surface area contributed by atoms with Gasteiger partial charge in [0.2, 0.25) is 5.91 Å². The average molecular weight is 499 g/mol. The number of aliphatic hydroxyl groups is 1. The number of ether oxygens (including phenoxy) is 1. The monoisotopic (exact) mass is 498 g/mol. The molecule has 3 aliphatic heterocycles. The van der Waals surface area contributed by atoms with Crippen molar-refractivity contribution in [2.75, 3.05) is 19.6 Å². The number of phenolic OH excluding ortho intramolecular Hbond substituents is 1. The molecule has 0 radical (unpaired) electrons. The van der Waals surface area contributed by atoms with Crippen LogP contribution in [0, 0.1) is 17.3 Å². The molecule has 37 heavy (non-hydrogen) atoms. The summed E-state index contributed by atoms with van der Waals surface area (Å²) in [4.78, 5) is 18.5. The summed E-state index contributed by atoms with van der Waals surface area (Å²) in [5, 5.41) is 23.5. The zero-order valence-corrected chi connectivity index (χ0v) is 21.1. The van der Waals surface area contributed by atoms with Crippen LogP contribution in [0.3, 0.4) is 0 Å². The summed E-state index contributed by atoms with van der Waals surface area (Å²) >= 11 is 0. The molecule has 2 saturated heterocycles. The van der Waals surface area contributed by atoms with Crippen molar-refractivity contribution in [3.8, 4) is 11.5 Å². The molecule has 9 rings (SSSR count). The molecule has 3 saturated carbocycles. The third-order valence-electron chi connectivity index (χ3n) is 11.5. The van der Waals surface area contributed by atoms with Crippen molar-refractivity contribution in [1.82, 2.24) is 9.80 Å². The summed E-state index contributed by atoms with van der Waals surface area (Å²) in [5.74, 6) is 1.77. The minimum atomic E-state index is -0.863. The summed E-state index contributed by atoms with van der Waals surface area (Å²) in [5.41, 5.74) is 2.08. The van der Waals surface area contributed by atoms with Crippen LogP contribution in [0.1, 0.15) is 48.8 Å². The van der Waals surface area contributed by atoms with Crippen molar-refractivity contribution in [1.29, 1.82) is 0 Å². The van der Waals surface area contributed by atoms with Crippen molar-refractivity contribution >= 4 is 5.91 Å². The van der Waals surface area contributed by atoms with Crippen LogP contribution < -0.4 is 4.74 Å². The Morgan fingerprint density at radius 1 is 1.05 bits per heavy atom. The Morgan fingerprint density at radius 3 is 2.70 bits per heavy atom. The lowest BCUT2D eigenvalue weighted by molar-refractivity contribution is -0.367. The smallest absolute Gasteiger partial charge is 0.226 e. The number of carbonyl (C=O) groups is 1. The van der Waals surface area contributed by atoms with Crippen molar-refractivity contribution in [2.45, 2.75) is 74.1 Å². The van der Waals surface area contributed by atoms with E-state index in [0.717, 1.165) is 56.8 Å². The molecule has 0 bridgehead atoms. The molecule has 6 nitrogen and oxygen atoms in total. The number of piperidine rings is 1. The Labute approximate surface area is 217 Å². The molecule has 2 aromatic carbocycles. The van der Waals surface area contributed by atoms with Gasteiger partial charge in [-0.2, -0.15) is 0 Å². The Kier molecular flexibility index (Phi) is 3.87. The minimum absolute atomic E-state index is 0.00198. The van der Waals surface area contributed by atoms with Crippen molar-refractivity contribution in [3.63, 3.8) is 0 Å². The molecule has 2 N–H and O–H groups in total. The molecule has 2 spiro atoms. The second kappa shape index (κ2) is 6.70. The number of rotatable bonds is 5. The summed E-state index contributed by atoms with van der Waals surface area (Å²) < 4.78 is 6.72. The highest BCUT2D eigenvalue weighted by Crippen LogP contribution is 2.82. The van der Waals surface area contributed by atoms with Gasteiger partial charge < -0.3 is 19.8 Å². The molecule has 7 unspecified atom stereocenters. The van der Waals surface area contributed by atoms with Gasteiger partial charge in [-0.3, -0.25) is 9.69 Å². The number of benzene rings is 2. The average Bonchev–Trinajstić information content (AvgIpc) is 3.40. The highest BCUT2D eigenvalue weighted by molar-refractivity contribution is 5.82. The van der Waals surface area contributed by atoms with Crippen LogP contribution in [-0.4, -0.2) is 69.3 Å². The van der Waals surface area contributed by atoms with E-state index in [4.69, 9.17) is 4.74 Å². The van der Waals surface area contributed by atoms with E-state index in [2.05, 4.69) is 28.0 Å². The van der Waals surface area contributed by atoms with E-state index < -0.39 is 11.0 Å². The molecule has 5 fully saturated rings. The lowest BCUT2D eigenvalue weighted by atomic mass is 9.30. The van der Waals surface area contributed by atoms with Gasteiger partial charge in [0, 0.05) is 42.6 Å². The van der Waals surface area contributed by atoms with Gasteiger partial charge >= 0.3 is 0 Å². The molecular formula is C31H34N2O4. The molecule has 0 aromatic heterocycles. The number of aromatic hydroxyl groups is 1. The topological polar surface area (TPSA) is 73.2 Å². The van der Waals surface area contributed by atoms with E-state index >= 15 is 0 Å². The van der Waals surface area contributed by atoms with E-state index in [1.54, 1.807) is 6.07 Å². The van der Waals surface area contributed by atoms with Crippen LogP contribution in [0.2, 0.25) is 0 Å². The Balaban J connectivity index is 1.09. The fourth-order valence-electron chi connectivity index (χ4n) is 10.3. The first kappa shape index (κ1) is 21.4. The minimum Gasteiger partial charge on any atom is -0.504 e. The SMILES string of the molecule is O=C1C(Cc2ccccc2)CCN1C1CCC2(O)C3N(CC4CC4)CC34Cc3ccc(O)c5c3C24C1O5. The molecule has 7 atom stereocenters. The summed E-state index contributed by atoms with van der Waals surface area (Å²) in [7, 11) is 0. The molecule has 192 valence electrons. The van der Waals surface area contributed by atoms with Crippen LogP contribution in [0.5, 0.6) is 11.5 Å². The molecular weight excluding hydrogens is 464 g/mol. The zero-order chi connectivity index (χ0) is 24.7. The first-order chi connectivity index (χ1) is 18.0. The van der Waals surface area contributed by atoms with Crippen molar-refractivity contribution < 1.29 is 19.7 Å². The fraction of sp³-hybridized carbons (Fsp3) is 0.581. The molecule has 6 heteroatoms. The number of amides is 1. The number of hydrogen-bond acceptors (Lipinski definition) is 5. The number of phenols is 1. The zero-order valence-electron chi connectivity index (χ0n) is 21.1. The lowest BCUT2D eigenvalue weighted by Crippen LogP contribution is -2.97. The van der Waals surface area contributed by atoms with Crippen LogP contribution in [0.15, 0.2) is 42.5 Å². The highest BCUT2D eigenvalue weighted by atomic mass is 16.5. The third kappa shape index (κ3) is 2.28. The maximum atomic E-state index is 13.8. The van der Waals surface area contributed by atoms with E-state index in [1.165, 1.54) is 24.0 Å². The summed E-state index contributed by atoms with van der Waals surface area (Å²) in [6, 6.07) is 14.2. The third-order valence-corrected chi connectivity index (χ3v) is 11.5. The predicted octanol–water partition coefficient (Wildman–Crippen LogP) is 3.03. The van der Waals surface area contributed by atoms with Crippen LogP contribution in [-0.2, 0) is 23.1 Å².